The Bertz CT molecular complexity index is 1090. The van der Waals surface area contributed by atoms with Crippen molar-refractivity contribution in [1.29, 1.82) is 0 Å². The number of terminal acetylenes is 2. The number of carbonyl (C=O) groups excluding carboxylic acids is 2. The maximum absolute atomic E-state index is 12.7. The van der Waals surface area contributed by atoms with E-state index in [4.69, 9.17) is 12.8 Å². The van der Waals surface area contributed by atoms with Gasteiger partial charge in [-0.05, 0) is 25.1 Å². The lowest BCUT2D eigenvalue weighted by Gasteiger charge is -2.38. The number of rotatable bonds is 5. The fraction of sp³-hybridized carbons (Fsp3) is 0.238. The van der Waals surface area contributed by atoms with Gasteiger partial charge in [-0.15, -0.1) is 12.8 Å². The smallest absolute Gasteiger partial charge is 0.341 e. The fourth-order valence-corrected chi connectivity index (χ4v) is 3.07. The number of methoxy groups -OCH3 is 1. The SMILES string of the molecule is C#CCN1C(=O)[C@@H](C)N(CC#C)c2nc(Nc3ccc(O)c(C(=O)OC)c3)ncc21. The number of amides is 1. The van der Waals surface area contributed by atoms with Crippen molar-refractivity contribution < 1.29 is 19.4 Å². The van der Waals surface area contributed by atoms with Crippen LogP contribution in [0, 0.1) is 24.7 Å². The molecule has 0 saturated heterocycles. The van der Waals surface area contributed by atoms with Crippen molar-refractivity contribution in [3.05, 3.63) is 30.0 Å². The van der Waals surface area contributed by atoms with Gasteiger partial charge in [0.2, 0.25) is 11.9 Å². The maximum atomic E-state index is 12.7. The molecule has 1 aromatic carbocycles. The normalized spacial score (nSPS) is 15.1. The molecule has 30 heavy (non-hydrogen) atoms. The van der Waals surface area contributed by atoms with Gasteiger partial charge in [0.15, 0.2) is 5.82 Å². The number of esters is 1. The number of aromatic hydroxyl groups is 1. The second-order valence-corrected chi connectivity index (χ2v) is 6.39. The van der Waals surface area contributed by atoms with E-state index in [1.54, 1.807) is 17.9 Å². The van der Waals surface area contributed by atoms with Crippen LogP contribution in [0.1, 0.15) is 17.3 Å². The number of fused-ring (bicyclic) bond motifs is 1. The van der Waals surface area contributed by atoms with Gasteiger partial charge >= 0.3 is 5.97 Å². The summed E-state index contributed by atoms with van der Waals surface area (Å²) in [6.45, 7) is 1.98. The first-order valence-electron chi connectivity index (χ1n) is 8.91. The van der Waals surface area contributed by atoms with Gasteiger partial charge in [0, 0.05) is 5.69 Å². The molecule has 2 N–H and O–H groups in total. The van der Waals surface area contributed by atoms with Gasteiger partial charge in [-0.3, -0.25) is 9.69 Å². The number of nitrogens with one attached hydrogen (secondary N) is 1. The molecule has 0 spiro atoms. The highest BCUT2D eigenvalue weighted by molar-refractivity contribution is 6.05. The van der Waals surface area contributed by atoms with Crippen LogP contribution in [-0.2, 0) is 9.53 Å². The van der Waals surface area contributed by atoms with Gasteiger partial charge in [0.1, 0.15) is 23.0 Å². The number of anilines is 4. The van der Waals surface area contributed by atoms with Crippen LogP contribution in [0.5, 0.6) is 5.75 Å². The average Bonchev–Trinajstić information content (AvgIpc) is 2.75. The third-order valence-corrected chi connectivity index (χ3v) is 4.57. The summed E-state index contributed by atoms with van der Waals surface area (Å²) in [6.07, 6.45) is 12.4. The number of nitrogens with zero attached hydrogens (tertiary/aromatic N) is 4. The number of phenols is 1. The Morgan fingerprint density at radius 3 is 2.73 bits per heavy atom. The molecule has 1 aliphatic heterocycles. The van der Waals surface area contributed by atoms with E-state index in [1.165, 1.54) is 30.3 Å². The average molecular weight is 405 g/mol. The molecular weight excluding hydrogens is 386 g/mol. The van der Waals surface area contributed by atoms with Gasteiger partial charge in [0.05, 0.1) is 26.4 Å². The Morgan fingerprint density at radius 2 is 2.07 bits per heavy atom. The predicted octanol–water partition coefficient (Wildman–Crippen LogP) is 1.52. The molecule has 2 aromatic rings. The first kappa shape index (κ1) is 20.5. The molecule has 1 aliphatic rings. The van der Waals surface area contributed by atoms with Crippen molar-refractivity contribution in [3.63, 3.8) is 0 Å². The van der Waals surface area contributed by atoms with Gasteiger partial charge < -0.3 is 20.1 Å². The van der Waals surface area contributed by atoms with Crippen molar-refractivity contribution in [2.45, 2.75) is 13.0 Å². The molecule has 0 radical (unpaired) electrons. The van der Waals surface area contributed by atoms with Crippen LogP contribution >= 0.6 is 0 Å². The van der Waals surface area contributed by atoms with E-state index in [1.807, 2.05) is 0 Å². The monoisotopic (exact) mass is 405 g/mol. The minimum Gasteiger partial charge on any atom is -0.507 e. The molecule has 2 heterocycles. The second kappa shape index (κ2) is 8.41. The molecule has 1 atom stereocenters. The molecule has 0 bridgehead atoms. The van der Waals surface area contributed by atoms with Gasteiger partial charge in [0.25, 0.3) is 0 Å². The first-order valence-corrected chi connectivity index (χ1v) is 8.91. The number of hydrogen-bond acceptors (Lipinski definition) is 8. The Hall–Kier alpha value is -4.24. The summed E-state index contributed by atoms with van der Waals surface area (Å²) in [7, 11) is 1.22. The molecule has 9 nitrogen and oxygen atoms in total. The summed E-state index contributed by atoms with van der Waals surface area (Å²) in [5.41, 5.74) is 0.906. The van der Waals surface area contributed by atoms with E-state index in [2.05, 4.69) is 31.9 Å². The molecular formula is C21H19N5O4. The molecule has 1 aromatic heterocycles. The number of benzene rings is 1. The van der Waals surface area contributed by atoms with Gasteiger partial charge in [-0.1, -0.05) is 11.8 Å². The fourth-order valence-electron chi connectivity index (χ4n) is 3.07. The third-order valence-electron chi connectivity index (χ3n) is 4.57. The standard InChI is InChI=1S/C21H19N5O4/c1-5-9-25-13(3)19(28)26(10-6-2)16-12-22-21(24-18(16)25)23-14-7-8-17(27)15(11-14)20(29)30-4/h1-2,7-8,11-13,27H,9-10H2,3-4H3,(H,22,23,24)/t13-/m1/s1. The first-order chi connectivity index (χ1) is 14.4. The van der Waals surface area contributed by atoms with Crippen LogP contribution < -0.4 is 15.1 Å². The maximum Gasteiger partial charge on any atom is 0.341 e. The van der Waals surface area contributed by atoms with Crippen molar-refractivity contribution in [1.82, 2.24) is 9.97 Å². The van der Waals surface area contributed by atoms with E-state index in [0.717, 1.165) is 0 Å². The Balaban J connectivity index is 2.00. The van der Waals surface area contributed by atoms with Crippen LogP contribution in [0.15, 0.2) is 24.4 Å². The summed E-state index contributed by atoms with van der Waals surface area (Å²) < 4.78 is 4.66. The Kier molecular flexibility index (Phi) is 5.75. The number of phenolic OH excluding ortho intramolecular Hbond substituents is 1. The van der Waals surface area contributed by atoms with Crippen molar-refractivity contribution in [2.75, 3.05) is 35.3 Å². The number of carbonyl (C=O) groups is 2. The summed E-state index contributed by atoms with van der Waals surface area (Å²) >= 11 is 0. The molecule has 9 heteroatoms. The van der Waals surface area contributed by atoms with Gasteiger partial charge in [-0.2, -0.15) is 4.98 Å². The lowest BCUT2D eigenvalue weighted by molar-refractivity contribution is -0.119. The van der Waals surface area contributed by atoms with E-state index >= 15 is 0 Å². The van der Waals surface area contributed by atoms with Crippen LogP contribution in [0.25, 0.3) is 0 Å². The zero-order valence-corrected chi connectivity index (χ0v) is 16.4. The highest BCUT2D eigenvalue weighted by Gasteiger charge is 2.36. The summed E-state index contributed by atoms with van der Waals surface area (Å²) in [4.78, 5) is 36.4. The zero-order chi connectivity index (χ0) is 21.8. The number of hydrogen-bond donors (Lipinski definition) is 2. The molecule has 1 amide bonds. The molecule has 3 rings (SSSR count). The Labute approximate surface area is 173 Å². The van der Waals surface area contributed by atoms with E-state index in [-0.39, 0.29) is 36.3 Å². The lowest BCUT2D eigenvalue weighted by Crippen LogP contribution is -2.52. The molecule has 152 valence electrons. The molecule has 0 fully saturated rings. The van der Waals surface area contributed by atoms with Gasteiger partial charge in [-0.25, -0.2) is 9.78 Å². The van der Waals surface area contributed by atoms with Crippen LogP contribution in [0.3, 0.4) is 0 Å². The van der Waals surface area contributed by atoms with Crippen LogP contribution in [-0.4, -0.2) is 53.2 Å². The van der Waals surface area contributed by atoms with Crippen LogP contribution in [0.4, 0.5) is 23.1 Å². The molecule has 0 unspecified atom stereocenters. The minimum atomic E-state index is -0.681. The summed E-state index contributed by atoms with van der Waals surface area (Å²) in [5, 5.41) is 12.8. The molecule has 0 aliphatic carbocycles. The highest BCUT2D eigenvalue weighted by atomic mass is 16.5. The Morgan fingerprint density at radius 1 is 1.33 bits per heavy atom. The second-order valence-electron chi connectivity index (χ2n) is 6.39. The summed E-state index contributed by atoms with van der Waals surface area (Å²) in [5.74, 6) is 4.58. The van der Waals surface area contributed by atoms with E-state index < -0.39 is 12.0 Å². The van der Waals surface area contributed by atoms with Crippen molar-refractivity contribution in [2.24, 2.45) is 0 Å². The van der Waals surface area contributed by atoms with Crippen molar-refractivity contribution in [3.8, 4) is 30.4 Å². The predicted molar refractivity (Wildman–Crippen MR) is 112 cm³/mol. The lowest BCUT2D eigenvalue weighted by atomic mass is 10.1. The summed E-state index contributed by atoms with van der Waals surface area (Å²) in [6, 6.07) is 3.78. The number of aromatic nitrogens is 2. The van der Waals surface area contributed by atoms with E-state index in [0.29, 0.717) is 17.2 Å². The highest BCUT2D eigenvalue weighted by Crippen LogP contribution is 2.35. The number of ether oxygens (including phenoxy) is 1. The largest absolute Gasteiger partial charge is 0.507 e. The third kappa shape index (κ3) is 3.69. The minimum absolute atomic E-state index is 0.00571. The topological polar surface area (TPSA) is 108 Å². The quantitative estimate of drug-likeness (QED) is 0.438. The van der Waals surface area contributed by atoms with Crippen LogP contribution in [0.2, 0.25) is 0 Å². The molecule has 0 saturated carbocycles. The van der Waals surface area contributed by atoms with E-state index in [9.17, 15) is 14.7 Å². The van der Waals surface area contributed by atoms with Crippen molar-refractivity contribution >= 4 is 35.0 Å². The zero-order valence-electron chi connectivity index (χ0n) is 16.4.